The number of aromatic amines is 1. The van der Waals surface area contributed by atoms with Crippen molar-refractivity contribution in [3.63, 3.8) is 0 Å². The standard InChI is InChI=1S/C28H35N3O2/c1-30-18-19-33-26-8-3-2-6-24(26)7-4-5-12-28(27(30)32)13-16-31(17-14-28)21-22-9-10-23-11-15-29-25(23)20-22/h2-3,6,8-11,15,20,29H,4-5,7,12-14,16-19,21H2,1H3. The number of amides is 1. The summed E-state index contributed by atoms with van der Waals surface area (Å²) in [6.45, 7) is 4.07. The molecule has 2 aliphatic rings. The molecule has 0 aliphatic carbocycles. The highest BCUT2D eigenvalue weighted by atomic mass is 16.5. The molecule has 33 heavy (non-hydrogen) atoms. The Labute approximate surface area is 196 Å². The number of ether oxygens (including phenoxy) is 1. The quantitative estimate of drug-likeness (QED) is 0.603. The average Bonchev–Trinajstić information content (AvgIpc) is 3.31. The lowest BCUT2D eigenvalue weighted by Crippen LogP contribution is -2.50. The molecule has 5 rings (SSSR count). The minimum Gasteiger partial charge on any atom is -0.491 e. The molecule has 5 nitrogen and oxygen atoms in total. The number of H-pyrrole nitrogens is 1. The fourth-order valence-corrected chi connectivity index (χ4v) is 5.59. The van der Waals surface area contributed by atoms with E-state index < -0.39 is 0 Å². The molecule has 3 heterocycles. The predicted octanol–water partition coefficient (Wildman–Crippen LogP) is 5.01. The van der Waals surface area contributed by atoms with Gasteiger partial charge in [0.15, 0.2) is 0 Å². The van der Waals surface area contributed by atoms with E-state index in [-0.39, 0.29) is 5.41 Å². The number of nitrogens with one attached hydrogen (secondary N) is 1. The Kier molecular flexibility index (Phi) is 6.41. The molecule has 1 saturated heterocycles. The van der Waals surface area contributed by atoms with Gasteiger partial charge in [-0.05, 0) is 79.9 Å². The van der Waals surface area contributed by atoms with E-state index in [4.69, 9.17) is 4.74 Å². The molecule has 2 aliphatic heterocycles. The van der Waals surface area contributed by atoms with Gasteiger partial charge in [-0.15, -0.1) is 0 Å². The van der Waals surface area contributed by atoms with Crippen molar-refractivity contribution < 1.29 is 9.53 Å². The van der Waals surface area contributed by atoms with Crippen molar-refractivity contribution >= 4 is 16.8 Å². The van der Waals surface area contributed by atoms with Crippen LogP contribution in [0.1, 0.15) is 43.2 Å². The molecule has 3 aromatic rings. The fourth-order valence-electron chi connectivity index (χ4n) is 5.59. The maximum absolute atomic E-state index is 13.6. The number of likely N-dealkylation sites (tertiary alicyclic amines) is 1. The molecule has 1 N–H and O–H groups in total. The first-order valence-corrected chi connectivity index (χ1v) is 12.4. The van der Waals surface area contributed by atoms with Crippen LogP contribution in [0, 0.1) is 5.41 Å². The normalized spacial score (nSPS) is 20.2. The summed E-state index contributed by atoms with van der Waals surface area (Å²) < 4.78 is 6.06. The van der Waals surface area contributed by atoms with E-state index in [1.54, 1.807) is 0 Å². The monoisotopic (exact) mass is 445 g/mol. The molecule has 0 unspecified atom stereocenters. The number of fused-ring (bicyclic) bond motifs is 2. The number of carbonyl (C=O) groups is 1. The maximum Gasteiger partial charge on any atom is 0.228 e. The Morgan fingerprint density at radius 1 is 1.00 bits per heavy atom. The van der Waals surface area contributed by atoms with Gasteiger partial charge < -0.3 is 14.6 Å². The summed E-state index contributed by atoms with van der Waals surface area (Å²) in [6, 6.07) is 17.1. The molecule has 174 valence electrons. The van der Waals surface area contributed by atoms with E-state index in [1.807, 2.05) is 30.3 Å². The van der Waals surface area contributed by atoms with Crippen LogP contribution in [0.25, 0.3) is 10.9 Å². The Balaban J connectivity index is 1.25. The van der Waals surface area contributed by atoms with Gasteiger partial charge in [0, 0.05) is 25.3 Å². The largest absolute Gasteiger partial charge is 0.491 e. The number of rotatable bonds is 2. The third-order valence-corrected chi connectivity index (χ3v) is 7.65. The van der Waals surface area contributed by atoms with Crippen LogP contribution in [0.4, 0.5) is 0 Å². The molecule has 0 atom stereocenters. The topological polar surface area (TPSA) is 48.6 Å². The molecular formula is C28H35N3O2. The van der Waals surface area contributed by atoms with E-state index in [0.29, 0.717) is 19.1 Å². The van der Waals surface area contributed by atoms with Crippen molar-refractivity contribution in [2.75, 3.05) is 33.3 Å². The van der Waals surface area contributed by atoms with Crippen LogP contribution in [0.5, 0.6) is 5.75 Å². The van der Waals surface area contributed by atoms with Gasteiger partial charge in [0.2, 0.25) is 5.91 Å². The van der Waals surface area contributed by atoms with Gasteiger partial charge in [-0.3, -0.25) is 9.69 Å². The lowest BCUT2D eigenvalue weighted by Gasteiger charge is -2.43. The van der Waals surface area contributed by atoms with Gasteiger partial charge in [-0.2, -0.15) is 0 Å². The zero-order valence-corrected chi connectivity index (χ0v) is 19.7. The molecule has 1 aromatic heterocycles. The summed E-state index contributed by atoms with van der Waals surface area (Å²) in [4.78, 5) is 21.4. The van der Waals surface area contributed by atoms with Gasteiger partial charge in [0.05, 0.1) is 12.0 Å². The molecule has 1 amide bonds. The summed E-state index contributed by atoms with van der Waals surface area (Å²) >= 11 is 0. The van der Waals surface area contributed by atoms with Crippen molar-refractivity contribution in [1.82, 2.24) is 14.8 Å². The number of nitrogens with zero attached hydrogens (tertiary/aromatic N) is 2. The molecule has 0 saturated carbocycles. The lowest BCUT2D eigenvalue weighted by atomic mass is 9.73. The van der Waals surface area contributed by atoms with Crippen LogP contribution in [0.2, 0.25) is 0 Å². The van der Waals surface area contributed by atoms with E-state index in [2.05, 4.69) is 46.3 Å². The third-order valence-electron chi connectivity index (χ3n) is 7.65. The van der Waals surface area contributed by atoms with Crippen LogP contribution in [-0.4, -0.2) is 54.0 Å². The van der Waals surface area contributed by atoms with Crippen LogP contribution in [-0.2, 0) is 17.8 Å². The minimum atomic E-state index is -0.229. The second kappa shape index (κ2) is 9.60. The Morgan fingerprint density at radius 2 is 1.85 bits per heavy atom. The van der Waals surface area contributed by atoms with Gasteiger partial charge in [-0.25, -0.2) is 0 Å². The predicted molar refractivity (Wildman–Crippen MR) is 132 cm³/mol. The van der Waals surface area contributed by atoms with E-state index >= 15 is 0 Å². The van der Waals surface area contributed by atoms with Gasteiger partial charge >= 0.3 is 0 Å². The highest BCUT2D eigenvalue weighted by Gasteiger charge is 2.42. The zero-order chi connectivity index (χ0) is 22.7. The number of hydrogen-bond donors (Lipinski definition) is 1. The smallest absolute Gasteiger partial charge is 0.228 e. The first-order chi connectivity index (χ1) is 16.1. The lowest BCUT2D eigenvalue weighted by molar-refractivity contribution is -0.145. The number of aryl methyl sites for hydroxylation is 1. The molecule has 5 heteroatoms. The first kappa shape index (κ1) is 22.0. The molecule has 2 aromatic carbocycles. The highest BCUT2D eigenvalue weighted by Crippen LogP contribution is 2.39. The summed E-state index contributed by atoms with van der Waals surface area (Å²) in [6.07, 6.45) is 8.06. The number of piperidine rings is 1. The molecule has 0 bridgehead atoms. The van der Waals surface area contributed by atoms with Crippen molar-refractivity contribution in [3.8, 4) is 5.75 Å². The molecule has 0 radical (unpaired) electrons. The van der Waals surface area contributed by atoms with Crippen LogP contribution < -0.4 is 4.74 Å². The van der Waals surface area contributed by atoms with E-state index in [1.165, 1.54) is 22.0 Å². The number of likely N-dealkylation sites (N-methyl/N-ethyl adjacent to an activating group) is 1. The second-order valence-corrected chi connectivity index (χ2v) is 9.85. The Bertz CT molecular complexity index is 1100. The maximum atomic E-state index is 13.6. The van der Waals surface area contributed by atoms with E-state index in [9.17, 15) is 4.79 Å². The average molecular weight is 446 g/mol. The minimum absolute atomic E-state index is 0.229. The van der Waals surface area contributed by atoms with Gasteiger partial charge in [0.25, 0.3) is 0 Å². The summed E-state index contributed by atoms with van der Waals surface area (Å²) in [7, 11) is 1.95. The van der Waals surface area contributed by atoms with Crippen molar-refractivity contribution in [2.24, 2.45) is 5.41 Å². The number of para-hydroxylation sites is 1. The van der Waals surface area contributed by atoms with E-state index in [0.717, 1.165) is 63.9 Å². The van der Waals surface area contributed by atoms with Crippen LogP contribution >= 0.6 is 0 Å². The van der Waals surface area contributed by atoms with Gasteiger partial charge in [0.1, 0.15) is 12.4 Å². The molecule has 1 fully saturated rings. The number of aromatic nitrogens is 1. The fraction of sp³-hybridized carbons (Fsp3) is 0.464. The van der Waals surface area contributed by atoms with Gasteiger partial charge in [-0.1, -0.05) is 36.8 Å². The number of carbonyl (C=O) groups excluding carboxylic acids is 1. The van der Waals surface area contributed by atoms with Crippen LogP contribution in [0.15, 0.2) is 54.7 Å². The van der Waals surface area contributed by atoms with Crippen LogP contribution in [0.3, 0.4) is 0 Å². The highest BCUT2D eigenvalue weighted by molar-refractivity contribution is 5.82. The first-order valence-electron chi connectivity index (χ1n) is 12.4. The van der Waals surface area contributed by atoms with Crippen molar-refractivity contribution in [2.45, 2.75) is 45.1 Å². The molecule has 1 spiro atoms. The number of benzene rings is 2. The summed E-state index contributed by atoms with van der Waals surface area (Å²) in [5, 5.41) is 1.25. The SMILES string of the molecule is CN1CCOc2ccccc2CCCCC2(CCN(Cc3ccc4cc[nH]c4c3)CC2)C1=O. The summed E-state index contributed by atoms with van der Waals surface area (Å²) in [5.74, 6) is 1.28. The second-order valence-electron chi connectivity index (χ2n) is 9.85. The van der Waals surface area contributed by atoms with Crippen molar-refractivity contribution in [3.05, 3.63) is 65.9 Å². The summed E-state index contributed by atoms with van der Waals surface area (Å²) in [5.41, 5.74) is 3.59. The molecular weight excluding hydrogens is 410 g/mol. The Morgan fingerprint density at radius 3 is 2.73 bits per heavy atom. The Hall–Kier alpha value is -2.79. The zero-order valence-electron chi connectivity index (χ0n) is 19.7. The number of hydrogen-bond acceptors (Lipinski definition) is 3. The van der Waals surface area contributed by atoms with Crippen molar-refractivity contribution in [1.29, 1.82) is 0 Å². The third kappa shape index (κ3) is 4.79.